The minimum atomic E-state index is 0.0353. The van der Waals surface area contributed by atoms with Crippen molar-refractivity contribution in [3.8, 4) is 0 Å². The van der Waals surface area contributed by atoms with Crippen LogP contribution in [0.15, 0.2) is 10.7 Å². The van der Waals surface area contributed by atoms with Crippen LogP contribution in [-0.2, 0) is 7.05 Å². The summed E-state index contributed by atoms with van der Waals surface area (Å²) >= 11 is 0. The number of aromatic nitrogens is 3. The van der Waals surface area contributed by atoms with E-state index >= 15 is 0 Å². The standard InChI is InChI=1S/C18H26N4O2/c1-11(2)16-15(13(4)24-20-16)18(23)22-8-6-7-14(10-22)17-19-12(3)9-21(17)5/h9,11,14H,6-8,10H2,1-5H3/t14-/m0/s1. The van der Waals surface area contributed by atoms with E-state index < -0.39 is 0 Å². The lowest BCUT2D eigenvalue weighted by Crippen LogP contribution is -2.40. The number of carbonyl (C=O) groups is 1. The van der Waals surface area contributed by atoms with Crippen molar-refractivity contribution >= 4 is 5.91 Å². The van der Waals surface area contributed by atoms with Crippen molar-refractivity contribution in [3.05, 3.63) is 34.7 Å². The third kappa shape index (κ3) is 2.97. The van der Waals surface area contributed by atoms with Crippen molar-refractivity contribution < 1.29 is 9.32 Å². The average molecular weight is 330 g/mol. The fourth-order valence-electron chi connectivity index (χ4n) is 3.59. The van der Waals surface area contributed by atoms with E-state index in [4.69, 9.17) is 4.52 Å². The summed E-state index contributed by atoms with van der Waals surface area (Å²) in [6.07, 6.45) is 4.09. The van der Waals surface area contributed by atoms with E-state index in [0.717, 1.165) is 36.6 Å². The summed E-state index contributed by atoms with van der Waals surface area (Å²) in [6.45, 7) is 9.36. The van der Waals surface area contributed by atoms with E-state index in [2.05, 4.69) is 14.7 Å². The van der Waals surface area contributed by atoms with Gasteiger partial charge in [-0.15, -0.1) is 0 Å². The number of piperidine rings is 1. The Bertz CT molecular complexity index is 744. The van der Waals surface area contributed by atoms with Crippen LogP contribution in [0.5, 0.6) is 0 Å². The zero-order valence-electron chi connectivity index (χ0n) is 15.2. The molecule has 1 aliphatic heterocycles. The minimum Gasteiger partial charge on any atom is -0.361 e. The maximum atomic E-state index is 13.1. The summed E-state index contributed by atoms with van der Waals surface area (Å²) in [4.78, 5) is 19.7. The zero-order valence-corrected chi connectivity index (χ0v) is 15.2. The molecule has 0 aromatic carbocycles. The van der Waals surface area contributed by atoms with Crippen LogP contribution in [0.2, 0.25) is 0 Å². The molecule has 2 aromatic rings. The van der Waals surface area contributed by atoms with Crippen molar-refractivity contribution in [2.75, 3.05) is 13.1 Å². The number of imidazole rings is 1. The Labute approximate surface area is 142 Å². The maximum absolute atomic E-state index is 13.1. The first-order chi connectivity index (χ1) is 11.4. The quantitative estimate of drug-likeness (QED) is 0.867. The molecule has 1 atom stereocenters. The van der Waals surface area contributed by atoms with E-state index in [9.17, 15) is 4.79 Å². The zero-order chi connectivity index (χ0) is 17.4. The normalized spacial score (nSPS) is 18.4. The van der Waals surface area contributed by atoms with Crippen molar-refractivity contribution in [1.29, 1.82) is 0 Å². The van der Waals surface area contributed by atoms with Gasteiger partial charge in [-0.3, -0.25) is 4.79 Å². The molecule has 6 heteroatoms. The predicted molar refractivity (Wildman–Crippen MR) is 91.2 cm³/mol. The number of hydrogen-bond acceptors (Lipinski definition) is 4. The summed E-state index contributed by atoms with van der Waals surface area (Å²) in [5.74, 6) is 2.16. The van der Waals surface area contributed by atoms with Crippen molar-refractivity contribution in [1.82, 2.24) is 19.6 Å². The number of carbonyl (C=O) groups excluding carboxylic acids is 1. The molecular formula is C18H26N4O2. The molecule has 130 valence electrons. The van der Waals surface area contributed by atoms with E-state index in [0.29, 0.717) is 17.9 Å². The van der Waals surface area contributed by atoms with Gasteiger partial charge in [-0.25, -0.2) is 4.98 Å². The van der Waals surface area contributed by atoms with Gasteiger partial charge in [0.15, 0.2) is 0 Å². The van der Waals surface area contributed by atoms with Gasteiger partial charge in [0.05, 0.1) is 11.4 Å². The van der Waals surface area contributed by atoms with Crippen LogP contribution in [0.25, 0.3) is 0 Å². The largest absolute Gasteiger partial charge is 0.361 e. The third-order valence-corrected chi connectivity index (χ3v) is 4.76. The lowest BCUT2D eigenvalue weighted by atomic mass is 9.95. The highest BCUT2D eigenvalue weighted by molar-refractivity contribution is 5.96. The summed E-state index contributed by atoms with van der Waals surface area (Å²) in [5, 5.41) is 4.09. The lowest BCUT2D eigenvalue weighted by Gasteiger charge is -2.32. The van der Waals surface area contributed by atoms with Crippen LogP contribution in [0.4, 0.5) is 0 Å². The fourth-order valence-corrected chi connectivity index (χ4v) is 3.59. The highest BCUT2D eigenvalue weighted by Gasteiger charge is 2.31. The Hall–Kier alpha value is -2.11. The van der Waals surface area contributed by atoms with Crippen LogP contribution < -0.4 is 0 Å². The van der Waals surface area contributed by atoms with Crippen molar-refractivity contribution in [2.45, 2.75) is 52.4 Å². The van der Waals surface area contributed by atoms with Gasteiger partial charge in [-0.2, -0.15) is 0 Å². The van der Waals surface area contributed by atoms with Crippen LogP contribution >= 0.6 is 0 Å². The SMILES string of the molecule is Cc1cn(C)c([C@H]2CCCN(C(=O)c3c(C(C)C)noc3C)C2)n1. The summed E-state index contributed by atoms with van der Waals surface area (Å²) in [7, 11) is 2.02. The van der Waals surface area contributed by atoms with E-state index in [1.54, 1.807) is 0 Å². The Balaban J connectivity index is 1.84. The molecule has 3 rings (SSSR count). The monoisotopic (exact) mass is 330 g/mol. The summed E-state index contributed by atoms with van der Waals surface area (Å²) in [6, 6.07) is 0. The number of likely N-dealkylation sites (tertiary alicyclic amines) is 1. The smallest absolute Gasteiger partial charge is 0.259 e. The third-order valence-electron chi connectivity index (χ3n) is 4.76. The molecule has 24 heavy (non-hydrogen) atoms. The first kappa shape index (κ1) is 16.7. The molecule has 3 heterocycles. The van der Waals surface area contributed by atoms with E-state index in [1.165, 1.54) is 0 Å². The molecule has 2 aromatic heterocycles. The topological polar surface area (TPSA) is 64.2 Å². The molecule has 0 N–H and O–H groups in total. The minimum absolute atomic E-state index is 0.0353. The molecule has 1 fully saturated rings. The second-order valence-corrected chi connectivity index (χ2v) is 7.10. The summed E-state index contributed by atoms with van der Waals surface area (Å²) < 4.78 is 7.37. The summed E-state index contributed by atoms with van der Waals surface area (Å²) in [5.41, 5.74) is 2.42. The first-order valence-electron chi connectivity index (χ1n) is 8.63. The predicted octanol–water partition coefficient (Wildman–Crippen LogP) is 3.17. The first-order valence-corrected chi connectivity index (χ1v) is 8.63. The molecule has 0 radical (unpaired) electrons. The lowest BCUT2D eigenvalue weighted by molar-refractivity contribution is 0.0700. The fraction of sp³-hybridized carbons (Fsp3) is 0.611. The van der Waals surface area contributed by atoms with Gasteiger partial charge in [-0.1, -0.05) is 19.0 Å². The molecule has 6 nitrogen and oxygen atoms in total. The number of rotatable bonds is 3. The van der Waals surface area contributed by atoms with Gasteiger partial charge >= 0.3 is 0 Å². The van der Waals surface area contributed by atoms with Crippen molar-refractivity contribution in [3.63, 3.8) is 0 Å². The van der Waals surface area contributed by atoms with Gasteiger partial charge in [0.25, 0.3) is 5.91 Å². The van der Waals surface area contributed by atoms with Gasteiger partial charge in [0, 0.05) is 32.3 Å². The second-order valence-electron chi connectivity index (χ2n) is 7.10. The number of hydrogen-bond donors (Lipinski definition) is 0. The van der Waals surface area contributed by atoms with Crippen LogP contribution in [0.3, 0.4) is 0 Å². The molecule has 0 bridgehead atoms. The Morgan fingerprint density at radius 2 is 2.12 bits per heavy atom. The van der Waals surface area contributed by atoms with E-state index in [1.807, 2.05) is 45.8 Å². The van der Waals surface area contributed by atoms with Crippen LogP contribution in [0.1, 0.15) is 71.9 Å². The molecular weight excluding hydrogens is 304 g/mol. The molecule has 1 saturated heterocycles. The Kier molecular flexibility index (Phi) is 4.47. The Morgan fingerprint density at radius 1 is 1.38 bits per heavy atom. The molecule has 0 aliphatic carbocycles. The van der Waals surface area contributed by atoms with Crippen LogP contribution in [-0.4, -0.2) is 38.6 Å². The molecule has 0 saturated carbocycles. The van der Waals surface area contributed by atoms with Gasteiger partial charge < -0.3 is 14.0 Å². The maximum Gasteiger partial charge on any atom is 0.259 e. The Morgan fingerprint density at radius 3 is 2.75 bits per heavy atom. The number of nitrogens with zero attached hydrogens (tertiary/aromatic N) is 4. The molecule has 0 unspecified atom stereocenters. The number of amides is 1. The van der Waals surface area contributed by atoms with Crippen molar-refractivity contribution in [2.24, 2.45) is 7.05 Å². The second kappa shape index (κ2) is 6.42. The van der Waals surface area contributed by atoms with Crippen LogP contribution in [0, 0.1) is 13.8 Å². The molecule has 0 spiro atoms. The highest BCUT2D eigenvalue weighted by Crippen LogP contribution is 2.29. The molecule has 1 aliphatic rings. The van der Waals surface area contributed by atoms with Gasteiger partial charge in [0.2, 0.25) is 0 Å². The number of aryl methyl sites for hydroxylation is 3. The van der Waals surface area contributed by atoms with Gasteiger partial charge in [0.1, 0.15) is 17.1 Å². The van der Waals surface area contributed by atoms with E-state index in [-0.39, 0.29) is 17.7 Å². The molecule has 1 amide bonds. The highest BCUT2D eigenvalue weighted by atomic mass is 16.5. The average Bonchev–Trinajstić information content (AvgIpc) is 3.09. The van der Waals surface area contributed by atoms with Gasteiger partial charge in [-0.05, 0) is 32.6 Å².